The van der Waals surface area contributed by atoms with E-state index in [9.17, 15) is 9.59 Å². The zero-order valence-electron chi connectivity index (χ0n) is 30.6. The molecule has 1 aliphatic heterocycles. The monoisotopic (exact) mass is 622 g/mol. The fourth-order valence-corrected chi connectivity index (χ4v) is 9.35. The van der Waals surface area contributed by atoms with E-state index in [0.717, 1.165) is 44.9 Å². The third-order valence-corrected chi connectivity index (χ3v) is 13.0. The number of rotatable bonds is 27. The lowest BCUT2D eigenvalue weighted by atomic mass is 9.57. The summed E-state index contributed by atoms with van der Waals surface area (Å²) in [5.74, 6) is 0.202. The van der Waals surface area contributed by atoms with Gasteiger partial charge in [0, 0.05) is 17.2 Å². The fourth-order valence-electron chi connectivity index (χ4n) is 7.77. The highest BCUT2D eigenvalue weighted by molar-refractivity contribution is 8.01. The van der Waals surface area contributed by atoms with Crippen LogP contribution in [0.15, 0.2) is 0 Å². The molecule has 0 aromatic rings. The van der Waals surface area contributed by atoms with Gasteiger partial charge in [-0.1, -0.05) is 158 Å². The first kappa shape index (κ1) is 40.5. The molecule has 0 spiro atoms. The number of nitrogens with zero attached hydrogens (tertiary/aromatic N) is 1. The minimum atomic E-state index is -0.332. The van der Waals surface area contributed by atoms with Crippen LogP contribution < -0.4 is 0 Å². The Morgan fingerprint density at radius 1 is 0.651 bits per heavy atom. The number of amides is 2. The molecule has 3 nitrogen and oxygen atoms in total. The van der Waals surface area contributed by atoms with Gasteiger partial charge in [-0.15, -0.1) is 11.8 Å². The molecule has 0 aromatic carbocycles. The SMILES string of the molecule is CCCCCCCC(C)(CCCCC)N1C(=O)CC(SC(CC)CC(C)(CC)C(C)(CCCCC)CCCCCC)C1=O. The Morgan fingerprint density at radius 2 is 1.09 bits per heavy atom. The van der Waals surface area contributed by atoms with Crippen LogP contribution in [0.5, 0.6) is 0 Å². The standard InChI is InChI=1S/C39H75NO2S/c1-10-16-20-22-26-30-39(9,29-24-19-13-4)40-35(41)31-34(36(40)42)43-33(14-5)32-37(7,15-6)38(8,27-23-18-12-3)28-25-21-17-11-2/h33-34H,10-32H2,1-9H3. The first-order valence-electron chi connectivity index (χ1n) is 19.0. The number of hydrogen-bond acceptors (Lipinski definition) is 3. The summed E-state index contributed by atoms with van der Waals surface area (Å²) in [4.78, 5) is 29.4. The first-order chi connectivity index (χ1) is 20.5. The van der Waals surface area contributed by atoms with E-state index >= 15 is 0 Å². The molecule has 1 fully saturated rings. The van der Waals surface area contributed by atoms with Crippen LogP contribution in [0, 0.1) is 10.8 Å². The smallest absolute Gasteiger partial charge is 0.243 e. The predicted molar refractivity (Wildman–Crippen MR) is 192 cm³/mol. The van der Waals surface area contributed by atoms with Gasteiger partial charge in [0.15, 0.2) is 0 Å². The van der Waals surface area contributed by atoms with Crippen LogP contribution in [0.2, 0.25) is 0 Å². The molecule has 0 N–H and O–H groups in total. The van der Waals surface area contributed by atoms with Crippen LogP contribution in [0.1, 0.15) is 210 Å². The van der Waals surface area contributed by atoms with Crippen LogP contribution in [0.3, 0.4) is 0 Å². The molecule has 0 saturated carbocycles. The molecule has 1 heterocycles. The molecule has 4 heteroatoms. The van der Waals surface area contributed by atoms with Gasteiger partial charge in [-0.25, -0.2) is 0 Å². The maximum absolute atomic E-state index is 14.1. The number of carbonyl (C=O) groups is 2. The molecule has 1 aliphatic rings. The summed E-state index contributed by atoms with van der Waals surface area (Å²) in [6, 6.07) is 0. The summed E-state index contributed by atoms with van der Waals surface area (Å²) in [5, 5.41) is 0.202. The van der Waals surface area contributed by atoms with E-state index in [-0.39, 0.29) is 28.0 Å². The van der Waals surface area contributed by atoms with Gasteiger partial charge in [-0.3, -0.25) is 14.5 Å². The average molecular weight is 622 g/mol. The molecule has 254 valence electrons. The van der Waals surface area contributed by atoms with E-state index in [4.69, 9.17) is 0 Å². The maximum Gasteiger partial charge on any atom is 0.243 e. The minimum Gasteiger partial charge on any atom is -0.276 e. The normalized spacial score (nSPS) is 20.7. The zero-order valence-corrected chi connectivity index (χ0v) is 31.4. The van der Waals surface area contributed by atoms with Crippen molar-refractivity contribution in [2.45, 2.75) is 226 Å². The molecule has 0 aliphatic carbocycles. The number of unbranched alkanes of at least 4 members (excludes halogenated alkanes) is 11. The van der Waals surface area contributed by atoms with E-state index in [1.54, 1.807) is 4.90 Å². The number of hydrogen-bond donors (Lipinski definition) is 0. The summed E-state index contributed by atoms with van der Waals surface area (Å²) in [5.41, 5.74) is 0.218. The molecule has 43 heavy (non-hydrogen) atoms. The van der Waals surface area contributed by atoms with Crippen LogP contribution >= 0.6 is 11.8 Å². The van der Waals surface area contributed by atoms with Gasteiger partial charge in [0.1, 0.15) is 0 Å². The maximum atomic E-state index is 14.1. The summed E-state index contributed by atoms with van der Waals surface area (Å²) in [7, 11) is 0. The second-order valence-electron chi connectivity index (χ2n) is 15.0. The molecule has 5 unspecified atom stereocenters. The van der Waals surface area contributed by atoms with Gasteiger partial charge in [-0.05, 0) is 56.3 Å². The second kappa shape index (κ2) is 21.3. The molecule has 0 aromatic heterocycles. The van der Waals surface area contributed by atoms with Crippen molar-refractivity contribution >= 4 is 23.6 Å². The van der Waals surface area contributed by atoms with E-state index in [1.807, 2.05) is 11.8 Å². The Labute approximate surface area is 274 Å². The van der Waals surface area contributed by atoms with E-state index in [0.29, 0.717) is 17.1 Å². The molecule has 5 atom stereocenters. The Balaban J connectivity index is 3.09. The van der Waals surface area contributed by atoms with Crippen molar-refractivity contribution in [3.63, 3.8) is 0 Å². The van der Waals surface area contributed by atoms with Crippen LogP contribution in [0.25, 0.3) is 0 Å². The van der Waals surface area contributed by atoms with Gasteiger partial charge in [0.2, 0.25) is 11.8 Å². The number of thioether (sulfide) groups is 1. The third-order valence-electron chi connectivity index (χ3n) is 11.4. The minimum absolute atomic E-state index is 0.0866. The highest BCUT2D eigenvalue weighted by Gasteiger charge is 2.49. The third kappa shape index (κ3) is 12.7. The molecular formula is C39H75NO2S. The lowest BCUT2D eigenvalue weighted by Gasteiger charge is -2.49. The zero-order chi connectivity index (χ0) is 32.4. The van der Waals surface area contributed by atoms with Crippen molar-refractivity contribution < 1.29 is 9.59 Å². The Kier molecular flexibility index (Phi) is 20.1. The number of likely N-dealkylation sites (tertiary alicyclic amines) is 1. The van der Waals surface area contributed by atoms with Crippen molar-refractivity contribution in [3.8, 4) is 0 Å². The lowest BCUT2D eigenvalue weighted by Crippen LogP contribution is -2.50. The van der Waals surface area contributed by atoms with Gasteiger partial charge in [0.05, 0.1) is 5.25 Å². The molecule has 0 radical (unpaired) electrons. The average Bonchev–Trinajstić information content (AvgIpc) is 3.27. The van der Waals surface area contributed by atoms with Gasteiger partial charge < -0.3 is 0 Å². The van der Waals surface area contributed by atoms with Gasteiger partial charge >= 0.3 is 0 Å². The molecule has 1 rings (SSSR count). The van der Waals surface area contributed by atoms with Crippen LogP contribution in [0.4, 0.5) is 0 Å². The molecular weight excluding hydrogens is 547 g/mol. The Hall–Kier alpha value is -0.510. The Morgan fingerprint density at radius 3 is 1.60 bits per heavy atom. The summed E-state index contributed by atoms with van der Waals surface area (Å²) >= 11 is 1.85. The number of carbonyl (C=O) groups excluding carboxylic acids is 2. The van der Waals surface area contributed by atoms with Gasteiger partial charge in [-0.2, -0.15) is 0 Å². The van der Waals surface area contributed by atoms with Crippen molar-refractivity contribution in [3.05, 3.63) is 0 Å². The molecule has 0 bridgehead atoms. The molecule has 1 saturated heterocycles. The highest BCUT2D eigenvalue weighted by Crippen LogP contribution is 2.54. The second-order valence-corrected chi connectivity index (χ2v) is 16.5. The quantitative estimate of drug-likeness (QED) is 0.0676. The summed E-state index contributed by atoms with van der Waals surface area (Å²) < 4.78 is 0. The topological polar surface area (TPSA) is 37.4 Å². The van der Waals surface area contributed by atoms with Crippen molar-refractivity contribution in [2.24, 2.45) is 10.8 Å². The number of imide groups is 1. The summed E-state index contributed by atoms with van der Waals surface area (Å²) in [6.45, 7) is 21.2. The Bertz CT molecular complexity index is 770. The van der Waals surface area contributed by atoms with Crippen molar-refractivity contribution in [1.29, 1.82) is 0 Å². The van der Waals surface area contributed by atoms with E-state index in [2.05, 4.69) is 62.3 Å². The van der Waals surface area contributed by atoms with E-state index < -0.39 is 0 Å². The predicted octanol–water partition coefficient (Wildman–Crippen LogP) is 12.7. The fraction of sp³-hybridized carbons (Fsp3) is 0.949. The van der Waals surface area contributed by atoms with Crippen molar-refractivity contribution in [1.82, 2.24) is 4.90 Å². The van der Waals surface area contributed by atoms with Gasteiger partial charge in [0.25, 0.3) is 0 Å². The largest absolute Gasteiger partial charge is 0.276 e. The lowest BCUT2D eigenvalue weighted by molar-refractivity contribution is -0.145. The van der Waals surface area contributed by atoms with Crippen molar-refractivity contribution in [2.75, 3.05) is 0 Å². The molecule has 2 amide bonds. The highest BCUT2D eigenvalue weighted by atomic mass is 32.2. The van der Waals surface area contributed by atoms with E-state index in [1.165, 1.54) is 96.3 Å². The van der Waals surface area contributed by atoms with Crippen LogP contribution in [-0.4, -0.2) is 32.8 Å². The summed E-state index contributed by atoms with van der Waals surface area (Å²) in [6.07, 6.45) is 27.0. The van der Waals surface area contributed by atoms with Crippen LogP contribution in [-0.2, 0) is 9.59 Å². The first-order valence-corrected chi connectivity index (χ1v) is 20.0.